The summed E-state index contributed by atoms with van der Waals surface area (Å²) in [5, 5.41) is 0. The monoisotopic (exact) mass is 372 g/mol. The number of benzene rings is 2. The van der Waals surface area contributed by atoms with Crippen LogP contribution in [-0.4, -0.2) is 32.4 Å². The molecule has 0 bridgehead atoms. The zero-order chi connectivity index (χ0) is 19.9. The van der Waals surface area contributed by atoms with E-state index >= 15 is 0 Å². The van der Waals surface area contributed by atoms with Gasteiger partial charge in [-0.15, -0.1) is 0 Å². The normalized spacial score (nSPS) is 11.0. The van der Waals surface area contributed by atoms with E-state index in [0.717, 1.165) is 11.1 Å². The van der Waals surface area contributed by atoms with Gasteiger partial charge in [0.1, 0.15) is 18.1 Å². The van der Waals surface area contributed by atoms with Crippen molar-refractivity contribution in [1.82, 2.24) is 0 Å². The van der Waals surface area contributed by atoms with Gasteiger partial charge in [-0.1, -0.05) is 38.1 Å². The van der Waals surface area contributed by atoms with Crippen molar-refractivity contribution in [1.29, 1.82) is 0 Å². The Morgan fingerprint density at radius 1 is 0.815 bits per heavy atom. The van der Waals surface area contributed by atoms with Gasteiger partial charge in [-0.05, 0) is 35.4 Å². The van der Waals surface area contributed by atoms with Gasteiger partial charge in [0.25, 0.3) is 0 Å². The second-order valence-electron chi connectivity index (χ2n) is 6.46. The minimum atomic E-state index is -0.764. The minimum Gasteiger partial charge on any atom is -0.432 e. The molecule has 0 aliphatic rings. The van der Waals surface area contributed by atoms with Gasteiger partial charge in [0, 0.05) is 19.4 Å². The Labute approximate surface area is 159 Å². The molecule has 0 atom stereocenters. The molecule has 2 aromatic rings. The van der Waals surface area contributed by atoms with Gasteiger partial charge in [-0.3, -0.25) is 4.79 Å². The van der Waals surface area contributed by atoms with Crippen LogP contribution in [0, 0.1) is 0 Å². The van der Waals surface area contributed by atoms with Crippen molar-refractivity contribution >= 4 is 12.1 Å². The van der Waals surface area contributed by atoms with Crippen molar-refractivity contribution < 1.29 is 28.5 Å². The Morgan fingerprint density at radius 2 is 1.30 bits per heavy atom. The Morgan fingerprint density at radius 3 is 1.74 bits per heavy atom. The highest BCUT2D eigenvalue weighted by molar-refractivity contribution is 5.69. The fourth-order valence-electron chi connectivity index (χ4n) is 2.55. The van der Waals surface area contributed by atoms with E-state index in [4.69, 9.17) is 18.9 Å². The lowest BCUT2D eigenvalue weighted by molar-refractivity contribution is -0.131. The zero-order valence-electron chi connectivity index (χ0n) is 16.0. The van der Waals surface area contributed by atoms with E-state index in [1.807, 2.05) is 24.3 Å². The fourth-order valence-corrected chi connectivity index (χ4v) is 2.55. The third-order valence-corrected chi connectivity index (χ3v) is 4.12. The van der Waals surface area contributed by atoms with Crippen LogP contribution in [0.3, 0.4) is 0 Å². The van der Waals surface area contributed by atoms with Gasteiger partial charge < -0.3 is 18.9 Å². The van der Waals surface area contributed by atoms with Crippen molar-refractivity contribution in [2.75, 3.05) is 20.3 Å². The lowest BCUT2D eigenvalue weighted by atomic mass is 9.78. The van der Waals surface area contributed by atoms with Crippen molar-refractivity contribution in [3.63, 3.8) is 0 Å². The molecule has 0 aliphatic carbocycles. The van der Waals surface area contributed by atoms with E-state index in [1.165, 1.54) is 14.0 Å². The number of esters is 1. The molecule has 2 rings (SSSR count). The summed E-state index contributed by atoms with van der Waals surface area (Å²) >= 11 is 0. The fraction of sp³-hybridized carbons (Fsp3) is 0.333. The summed E-state index contributed by atoms with van der Waals surface area (Å²) in [5.41, 5.74) is 1.82. The van der Waals surface area contributed by atoms with E-state index in [9.17, 15) is 9.59 Å². The standard InChI is InChI=1S/C21H24O6/c1-15(22)26-18-9-5-16(6-10-18)21(2,3)17-7-11-19(12-8-17)27-20(23)25-14-13-24-4/h5-12H,13-14H2,1-4H3. The molecule has 2 aromatic carbocycles. The number of carbonyl (C=O) groups excluding carboxylic acids is 2. The summed E-state index contributed by atoms with van der Waals surface area (Å²) in [6.07, 6.45) is -0.764. The second-order valence-corrected chi connectivity index (χ2v) is 6.46. The van der Waals surface area contributed by atoms with E-state index in [2.05, 4.69) is 13.8 Å². The molecule has 0 fully saturated rings. The van der Waals surface area contributed by atoms with Crippen LogP contribution < -0.4 is 9.47 Å². The molecule has 6 nitrogen and oxygen atoms in total. The predicted octanol–water partition coefficient (Wildman–Crippen LogP) is 4.10. The highest BCUT2D eigenvalue weighted by Crippen LogP contribution is 2.33. The van der Waals surface area contributed by atoms with Gasteiger partial charge in [0.05, 0.1) is 6.61 Å². The Hall–Kier alpha value is -2.86. The van der Waals surface area contributed by atoms with Gasteiger partial charge in [0.2, 0.25) is 0 Å². The molecule has 0 aliphatic heterocycles. The van der Waals surface area contributed by atoms with E-state index in [-0.39, 0.29) is 18.0 Å². The van der Waals surface area contributed by atoms with Crippen molar-refractivity contribution in [2.45, 2.75) is 26.2 Å². The zero-order valence-corrected chi connectivity index (χ0v) is 16.0. The molecular weight excluding hydrogens is 348 g/mol. The van der Waals surface area contributed by atoms with E-state index in [1.54, 1.807) is 24.3 Å². The Bertz CT molecular complexity index is 762. The van der Waals surface area contributed by atoms with E-state index in [0.29, 0.717) is 18.1 Å². The van der Waals surface area contributed by atoms with Crippen LogP contribution in [0.4, 0.5) is 4.79 Å². The number of hydrogen-bond donors (Lipinski definition) is 0. The van der Waals surface area contributed by atoms with Gasteiger partial charge in [-0.25, -0.2) is 4.79 Å². The summed E-state index contributed by atoms with van der Waals surface area (Å²) in [7, 11) is 1.53. The Balaban J connectivity index is 2.05. The van der Waals surface area contributed by atoms with Gasteiger partial charge in [0.15, 0.2) is 0 Å². The van der Waals surface area contributed by atoms with Crippen LogP contribution in [0.15, 0.2) is 48.5 Å². The van der Waals surface area contributed by atoms with Crippen LogP contribution in [0.1, 0.15) is 31.9 Å². The van der Waals surface area contributed by atoms with Crippen molar-refractivity contribution in [3.8, 4) is 11.5 Å². The molecule has 0 saturated carbocycles. The smallest absolute Gasteiger partial charge is 0.432 e. The topological polar surface area (TPSA) is 71.1 Å². The summed E-state index contributed by atoms with van der Waals surface area (Å²) in [6.45, 7) is 6.00. The maximum Gasteiger partial charge on any atom is 0.513 e. The SMILES string of the molecule is COCCOC(=O)Oc1ccc(C(C)(C)c2ccc(OC(C)=O)cc2)cc1. The molecule has 0 heterocycles. The largest absolute Gasteiger partial charge is 0.513 e. The molecular formula is C21H24O6. The van der Waals surface area contributed by atoms with Crippen LogP contribution >= 0.6 is 0 Å². The Kier molecular flexibility index (Phi) is 6.96. The number of hydrogen-bond acceptors (Lipinski definition) is 6. The highest BCUT2D eigenvalue weighted by atomic mass is 16.7. The summed E-state index contributed by atoms with van der Waals surface area (Å²) in [6, 6.07) is 14.6. The van der Waals surface area contributed by atoms with Crippen LogP contribution in [0.5, 0.6) is 11.5 Å². The number of carbonyl (C=O) groups is 2. The number of ether oxygens (including phenoxy) is 4. The van der Waals surface area contributed by atoms with Gasteiger partial charge in [-0.2, -0.15) is 0 Å². The van der Waals surface area contributed by atoms with Crippen LogP contribution in [0.2, 0.25) is 0 Å². The lowest BCUT2D eigenvalue weighted by Crippen LogP contribution is -2.19. The molecule has 0 unspecified atom stereocenters. The summed E-state index contributed by atoms with van der Waals surface area (Å²) < 4.78 is 19.9. The predicted molar refractivity (Wildman–Crippen MR) is 100 cm³/mol. The average Bonchev–Trinajstić information content (AvgIpc) is 2.62. The molecule has 0 saturated heterocycles. The minimum absolute atomic E-state index is 0.143. The van der Waals surface area contributed by atoms with Crippen molar-refractivity contribution in [2.24, 2.45) is 0 Å². The van der Waals surface area contributed by atoms with Crippen LogP contribution in [-0.2, 0) is 19.7 Å². The summed E-state index contributed by atoms with van der Waals surface area (Å²) in [5.74, 6) is 0.568. The van der Waals surface area contributed by atoms with E-state index < -0.39 is 6.16 Å². The number of methoxy groups -OCH3 is 1. The first-order valence-corrected chi connectivity index (χ1v) is 8.56. The third kappa shape index (κ3) is 5.82. The second kappa shape index (κ2) is 9.19. The lowest BCUT2D eigenvalue weighted by Gasteiger charge is -2.26. The first kappa shape index (κ1) is 20.5. The average molecular weight is 372 g/mol. The molecule has 0 radical (unpaired) electrons. The third-order valence-electron chi connectivity index (χ3n) is 4.12. The molecule has 27 heavy (non-hydrogen) atoms. The van der Waals surface area contributed by atoms with Gasteiger partial charge >= 0.3 is 12.1 Å². The molecule has 0 N–H and O–H groups in total. The molecule has 6 heteroatoms. The van der Waals surface area contributed by atoms with Crippen LogP contribution in [0.25, 0.3) is 0 Å². The number of rotatable bonds is 7. The first-order valence-electron chi connectivity index (χ1n) is 8.56. The first-order chi connectivity index (χ1) is 12.8. The molecule has 0 aromatic heterocycles. The molecule has 0 spiro atoms. The molecule has 144 valence electrons. The highest BCUT2D eigenvalue weighted by Gasteiger charge is 2.23. The summed E-state index contributed by atoms with van der Waals surface area (Å²) in [4.78, 5) is 22.6. The quantitative estimate of drug-likeness (QED) is 0.315. The van der Waals surface area contributed by atoms with Crippen molar-refractivity contribution in [3.05, 3.63) is 59.7 Å². The maximum absolute atomic E-state index is 11.6. The molecule has 0 amide bonds. The maximum atomic E-state index is 11.6.